The van der Waals surface area contributed by atoms with E-state index in [2.05, 4.69) is 4.90 Å². The van der Waals surface area contributed by atoms with Gasteiger partial charge in [0.1, 0.15) is 11.4 Å². The van der Waals surface area contributed by atoms with E-state index in [1.54, 1.807) is 17.9 Å². The zero-order chi connectivity index (χ0) is 17.3. The second kappa shape index (κ2) is 6.91. The Bertz CT molecular complexity index is 735. The van der Waals surface area contributed by atoms with Crippen molar-refractivity contribution < 1.29 is 18.7 Å². The summed E-state index contributed by atoms with van der Waals surface area (Å²) in [4.78, 5) is 16.7. The summed E-state index contributed by atoms with van der Waals surface area (Å²) in [5.74, 6) is -0.203. The highest BCUT2D eigenvalue weighted by atomic mass is 19.1. The van der Waals surface area contributed by atoms with Gasteiger partial charge in [-0.05, 0) is 31.5 Å². The number of hydrogen-bond donors (Lipinski definition) is 1. The lowest BCUT2D eigenvalue weighted by Crippen LogP contribution is -2.50. The van der Waals surface area contributed by atoms with Crippen LogP contribution in [0.1, 0.15) is 29.5 Å². The van der Waals surface area contributed by atoms with Gasteiger partial charge in [-0.15, -0.1) is 0 Å². The van der Waals surface area contributed by atoms with Gasteiger partial charge in [-0.3, -0.25) is 9.69 Å². The normalized spacial score (nSPS) is 17.4. The van der Waals surface area contributed by atoms with Crippen LogP contribution in [0.4, 0.5) is 4.39 Å². The number of aliphatic hydroxyl groups excluding tert-OH is 1. The number of halogens is 1. The highest BCUT2D eigenvalue weighted by molar-refractivity contribution is 5.99. The molecule has 0 unspecified atom stereocenters. The lowest BCUT2D eigenvalue weighted by atomic mass is 10.1. The third-order valence-electron chi connectivity index (χ3n) is 4.69. The zero-order valence-corrected chi connectivity index (χ0v) is 14.1. The van der Waals surface area contributed by atoms with Crippen molar-refractivity contribution in [2.75, 3.05) is 32.7 Å². The number of amides is 1. The van der Waals surface area contributed by atoms with Crippen LogP contribution in [0.3, 0.4) is 0 Å². The lowest BCUT2D eigenvalue weighted by molar-refractivity contribution is 0.0501. The molecule has 0 aliphatic carbocycles. The highest BCUT2D eigenvalue weighted by Crippen LogP contribution is 2.27. The molecule has 1 aliphatic heterocycles. The number of carbonyl (C=O) groups excluding carboxylic acids is 1. The van der Waals surface area contributed by atoms with Gasteiger partial charge >= 0.3 is 0 Å². The highest BCUT2D eigenvalue weighted by Gasteiger charge is 2.27. The van der Waals surface area contributed by atoms with Crippen LogP contribution < -0.4 is 0 Å². The number of nitrogens with zero attached hydrogens (tertiary/aromatic N) is 2. The fraction of sp³-hybridized carbons (Fsp3) is 0.500. The molecule has 2 heterocycles. The molecule has 0 bridgehead atoms. The van der Waals surface area contributed by atoms with E-state index in [0.29, 0.717) is 36.2 Å². The van der Waals surface area contributed by atoms with Gasteiger partial charge in [0.05, 0.1) is 6.10 Å². The molecule has 3 rings (SSSR count). The summed E-state index contributed by atoms with van der Waals surface area (Å²) in [6.07, 6.45) is 0.410. The Morgan fingerprint density at radius 3 is 2.71 bits per heavy atom. The fourth-order valence-electron chi connectivity index (χ4n) is 3.10. The smallest absolute Gasteiger partial charge is 0.289 e. The van der Waals surface area contributed by atoms with E-state index < -0.39 is 0 Å². The van der Waals surface area contributed by atoms with Crippen LogP contribution in [0.15, 0.2) is 22.6 Å². The molecule has 1 fully saturated rings. The maximum absolute atomic E-state index is 13.4. The van der Waals surface area contributed by atoms with Gasteiger partial charge in [0, 0.05) is 43.7 Å². The van der Waals surface area contributed by atoms with Crippen molar-refractivity contribution in [3.8, 4) is 0 Å². The van der Waals surface area contributed by atoms with Crippen molar-refractivity contribution in [2.45, 2.75) is 26.4 Å². The summed E-state index contributed by atoms with van der Waals surface area (Å²) in [6, 6.07) is 4.28. The van der Waals surface area contributed by atoms with Gasteiger partial charge in [0.2, 0.25) is 0 Å². The Balaban J connectivity index is 1.71. The molecule has 1 saturated heterocycles. The minimum atomic E-state index is -0.339. The number of rotatable bonds is 4. The quantitative estimate of drug-likeness (QED) is 0.933. The van der Waals surface area contributed by atoms with Crippen LogP contribution in [0.5, 0.6) is 0 Å². The second-order valence-corrected chi connectivity index (χ2v) is 6.35. The molecule has 0 spiro atoms. The summed E-state index contributed by atoms with van der Waals surface area (Å²) in [6.45, 7) is 7.04. The molecule has 24 heavy (non-hydrogen) atoms. The number of benzene rings is 1. The zero-order valence-electron chi connectivity index (χ0n) is 14.1. The minimum absolute atomic E-state index is 0.153. The summed E-state index contributed by atoms with van der Waals surface area (Å²) in [7, 11) is 0. The minimum Gasteiger partial charge on any atom is -0.451 e. The van der Waals surface area contributed by atoms with Crippen molar-refractivity contribution in [1.29, 1.82) is 0 Å². The largest absolute Gasteiger partial charge is 0.451 e. The number of hydrogen-bond acceptors (Lipinski definition) is 4. The molecule has 1 aliphatic rings. The van der Waals surface area contributed by atoms with Crippen LogP contribution in [0, 0.1) is 12.7 Å². The molecule has 130 valence electrons. The number of fused-ring (bicyclic) bond motifs is 1. The van der Waals surface area contributed by atoms with Crippen molar-refractivity contribution in [1.82, 2.24) is 9.80 Å². The Kier molecular flexibility index (Phi) is 4.87. The van der Waals surface area contributed by atoms with Gasteiger partial charge in [0.25, 0.3) is 5.91 Å². The first-order chi connectivity index (χ1) is 11.5. The number of piperazine rings is 1. The third-order valence-corrected chi connectivity index (χ3v) is 4.69. The second-order valence-electron chi connectivity index (χ2n) is 6.35. The molecule has 1 atom stereocenters. The first-order valence-corrected chi connectivity index (χ1v) is 8.38. The average Bonchev–Trinajstić information content (AvgIpc) is 2.91. The molecule has 1 N–H and O–H groups in total. The van der Waals surface area contributed by atoms with E-state index >= 15 is 0 Å². The number of β-amino-alcohol motifs (C(OH)–C–C–N with tert-alkyl or cyclic N) is 1. The van der Waals surface area contributed by atoms with Crippen LogP contribution in [-0.2, 0) is 0 Å². The molecule has 0 saturated carbocycles. The molecule has 1 aromatic carbocycles. The predicted molar refractivity (Wildman–Crippen MR) is 89.6 cm³/mol. The average molecular weight is 334 g/mol. The van der Waals surface area contributed by atoms with Gasteiger partial charge < -0.3 is 14.4 Å². The van der Waals surface area contributed by atoms with Gasteiger partial charge in [-0.25, -0.2) is 4.39 Å². The van der Waals surface area contributed by atoms with Crippen LogP contribution in [-0.4, -0.2) is 59.6 Å². The van der Waals surface area contributed by atoms with Gasteiger partial charge in [0.15, 0.2) is 5.76 Å². The Morgan fingerprint density at radius 2 is 2.04 bits per heavy atom. The first-order valence-electron chi connectivity index (χ1n) is 8.38. The molecular formula is C18H23FN2O3. The van der Waals surface area contributed by atoms with Crippen LogP contribution in [0.25, 0.3) is 11.0 Å². The van der Waals surface area contributed by atoms with Crippen molar-refractivity contribution in [2.24, 2.45) is 0 Å². The number of aliphatic hydroxyl groups is 1. The molecular weight excluding hydrogens is 311 g/mol. The fourth-order valence-corrected chi connectivity index (χ4v) is 3.10. The summed E-state index contributed by atoms with van der Waals surface area (Å²) >= 11 is 0. The standard InChI is InChI=1S/C18H23FN2O3/c1-3-14(22)11-20-6-8-21(9-7-20)18(23)17-12(2)15-10-13(19)4-5-16(15)24-17/h4-5,10,14,22H,3,6-9,11H2,1-2H3/t14-/m1/s1. The summed E-state index contributed by atoms with van der Waals surface area (Å²) in [5, 5.41) is 10.4. The number of aryl methyl sites for hydroxylation is 1. The Hall–Kier alpha value is -1.92. The molecule has 5 nitrogen and oxygen atoms in total. The maximum atomic E-state index is 13.4. The van der Waals surface area contributed by atoms with Crippen LogP contribution >= 0.6 is 0 Å². The number of carbonyl (C=O) groups is 1. The molecule has 1 amide bonds. The van der Waals surface area contributed by atoms with Crippen LogP contribution in [0.2, 0.25) is 0 Å². The third kappa shape index (κ3) is 3.30. The number of furan rings is 1. The maximum Gasteiger partial charge on any atom is 0.289 e. The first kappa shape index (κ1) is 16.9. The van der Waals surface area contributed by atoms with E-state index in [1.165, 1.54) is 12.1 Å². The monoisotopic (exact) mass is 334 g/mol. The lowest BCUT2D eigenvalue weighted by Gasteiger charge is -2.35. The Labute approximate surface area is 140 Å². The molecule has 0 radical (unpaired) electrons. The predicted octanol–water partition coefficient (Wildman–Crippen LogP) is 2.41. The van der Waals surface area contributed by atoms with E-state index in [-0.39, 0.29) is 23.6 Å². The molecule has 6 heteroatoms. The topological polar surface area (TPSA) is 56.9 Å². The van der Waals surface area contributed by atoms with E-state index in [1.807, 2.05) is 6.92 Å². The molecule has 2 aromatic rings. The SMILES string of the molecule is CC[C@@H](O)CN1CCN(C(=O)c2oc3ccc(F)cc3c2C)CC1. The van der Waals surface area contributed by atoms with Gasteiger partial charge in [-0.2, -0.15) is 0 Å². The van der Waals surface area contributed by atoms with E-state index in [4.69, 9.17) is 4.42 Å². The van der Waals surface area contributed by atoms with Crippen molar-refractivity contribution >= 4 is 16.9 Å². The summed E-state index contributed by atoms with van der Waals surface area (Å²) in [5.41, 5.74) is 1.21. The van der Waals surface area contributed by atoms with E-state index in [0.717, 1.165) is 19.5 Å². The van der Waals surface area contributed by atoms with Gasteiger partial charge in [-0.1, -0.05) is 6.92 Å². The van der Waals surface area contributed by atoms with Crippen molar-refractivity contribution in [3.05, 3.63) is 35.3 Å². The molecule has 1 aromatic heterocycles. The van der Waals surface area contributed by atoms with Crippen molar-refractivity contribution in [3.63, 3.8) is 0 Å². The Morgan fingerprint density at radius 1 is 1.33 bits per heavy atom. The summed E-state index contributed by atoms with van der Waals surface area (Å²) < 4.78 is 19.1. The van der Waals surface area contributed by atoms with E-state index in [9.17, 15) is 14.3 Å².